The third kappa shape index (κ3) is 8.73. The Morgan fingerprint density at radius 1 is 1.15 bits per heavy atom. The number of carbonyl (C=O) groups excluding carboxylic acids is 1. The standard InChI is InChI=1S/C19H30N4O2.HI/c1-15-8-10-17(11-9-15)25-13-12-21-19(20-2)22-14-18(24)23-16-6-4-3-5-7-16;/h8-11,16H,3-7,12-14H2,1-2H3,(H,23,24)(H2,20,21,22);1H. The Morgan fingerprint density at radius 3 is 2.50 bits per heavy atom. The van der Waals surface area contributed by atoms with Gasteiger partial charge in [-0.05, 0) is 31.9 Å². The molecule has 0 heterocycles. The van der Waals surface area contributed by atoms with Crippen LogP contribution in [0.15, 0.2) is 29.3 Å². The van der Waals surface area contributed by atoms with Crippen molar-refractivity contribution in [1.82, 2.24) is 16.0 Å². The second-order valence-corrected chi connectivity index (χ2v) is 6.42. The van der Waals surface area contributed by atoms with E-state index in [0.29, 0.717) is 25.2 Å². The normalized spacial score (nSPS) is 14.9. The lowest BCUT2D eigenvalue weighted by atomic mass is 9.95. The van der Waals surface area contributed by atoms with Crippen molar-refractivity contribution >= 4 is 35.8 Å². The zero-order valence-electron chi connectivity index (χ0n) is 15.7. The Hall–Kier alpha value is -1.51. The summed E-state index contributed by atoms with van der Waals surface area (Å²) in [6.45, 7) is 3.41. The van der Waals surface area contributed by atoms with Gasteiger partial charge >= 0.3 is 0 Å². The van der Waals surface area contributed by atoms with E-state index in [9.17, 15) is 4.79 Å². The van der Waals surface area contributed by atoms with Crippen molar-refractivity contribution in [2.75, 3.05) is 26.7 Å². The van der Waals surface area contributed by atoms with Gasteiger partial charge in [-0.2, -0.15) is 0 Å². The van der Waals surface area contributed by atoms with E-state index in [1.807, 2.05) is 31.2 Å². The van der Waals surface area contributed by atoms with E-state index >= 15 is 0 Å². The number of ether oxygens (including phenoxy) is 1. The molecule has 0 unspecified atom stereocenters. The molecule has 3 N–H and O–H groups in total. The molecule has 1 aliphatic carbocycles. The Morgan fingerprint density at radius 2 is 1.85 bits per heavy atom. The van der Waals surface area contributed by atoms with Crippen LogP contribution in [0.5, 0.6) is 5.75 Å². The van der Waals surface area contributed by atoms with Crippen LogP contribution in [0.25, 0.3) is 0 Å². The maximum absolute atomic E-state index is 12.0. The molecule has 1 aromatic carbocycles. The van der Waals surface area contributed by atoms with Crippen LogP contribution in [-0.4, -0.2) is 44.7 Å². The Balaban J connectivity index is 0.00000338. The zero-order valence-corrected chi connectivity index (χ0v) is 18.0. The zero-order chi connectivity index (χ0) is 17.9. The van der Waals surface area contributed by atoms with E-state index in [2.05, 4.69) is 20.9 Å². The molecule has 6 nitrogen and oxygen atoms in total. The number of benzene rings is 1. The Labute approximate surface area is 173 Å². The van der Waals surface area contributed by atoms with Crippen LogP contribution in [0.2, 0.25) is 0 Å². The minimum absolute atomic E-state index is 0. The van der Waals surface area contributed by atoms with E-state index in [1.165, 1.54) is 24.8 Å². The number of aliphatic imine (C=N–C) groups is 1. The molecule has 1 aromatic rings. The van der Waals surface area contributed by atoms with Crippen molar-refractivity contribution in [2.45, 2.75) is 45.1 Å². The van der Waals surface area contributed by atoms with Gasteiger partial charge < -0.3 is 20.7 Å². The van der Waals surface area contributed by atoms with Crippen LogP contribution < -0.4 is 20.7 Å². The lowest BCUT2D eigenvalue weighted by molar-refractivity contribution is -0.120. The SMILES string of the molecule is CN=C(NCCOc1ccc(C)cc1)NCC(=O)NC1CCCCC1.I. The number of amides is 1. The maximum Gasteiger partial charge on any atom is 0.239 e. The number of aryl methyl sites for hydroxylation is 1. The van der Waals surface area contributed by atoms with Gasteiger partial charge in [-0.1, -0.05) is 37.0 Å². The fourth-order valence-corrected chi connectivity index (χ4v) is 2.88. The van der Waals surface area contributed by atoms with Crippen LogP contribution in [0.4, 0.5) is 0 Å². The van der Waals surface area contributed by atoms with Gasteiger partial charge in [-0.3, -0.25) is 9.79 Å². The number of carbonyl (C=O) groups is 1. The number of nitrogens with one attached hydrogen (secondary N) is 3. The summed E-state index contributed by atoms with van der Waals surface area (Å²) in [5.41, 5.74) is 1.21. The molecule has 0 saturated heterocycles. The predicted octanol–water partition coefficient (Wildman–Crippen LogP) is 2.61. The molecule has 26 heavy (non-hydrogen) atoms. The summed E-state index contributed by atoms with van der Waals surface area (Å²) in [5, 5.41) is 9.26. The number of rotatable bonds is 7. The second-order valence-electron chi connectivity index (χ2n) is 6.42. The van der Waals surface area contributed by atoms with Crippen molar-refractivity contribution in [3.8, 4) is 5.75 Å². The average molecular weight is 474 g/mol. The highest BCUT2D eigenvalue weighted by molar-refractivity contribution is 14.0. The number of hydrogen-bond acceptors (Lipinski definition) is 3. The number of guanidine groups is 1. The van der Waals surface area contributed by atoms with E-state index in [4.69, 9.17) is 4.74 Å². The quantitative estimate of drug-likeness (QED) is 0.246. The number of hydrogen-bond donors (Lipinski definition) is 3. The lowest BCUT2D eigenvalue weighted by Gasteiger charge is -2.23. The molecule has 0 radical (unpaired) electrons. The van der Waals surface area contributed by atoms with Gasteiger partial charge in [-0.25, -0.2) is 0 Å². The summed E-state index contributed by atoms with van der Waals surface area (Å²) in [6, 6.07) is 8.29. The topological polar surface area (TPSA) is 74.8 Å². The highest BCUT2D eigenvalue weighted by Gasteiger charge is 2.15. The minimum Gasteiger partial charge on any atom is -0.492 e. The van der Waals surface area contributed by atoms with Crippen LogP contribution in [0.3, 0.4) is 0 Å². The lowest BCUT2D eigenvalue weighted by Crippen LogP contribution is -2.46. The first-order chi connectivity index (χ1) is 12.2. The van der Waals surface area contributed by atoms with Gasteiger partial charge in [0, 0.05) is 13.1 Å². The molecule has 1 saturated carbocycles. The van der Waals surface area contributed by atoms with E-state index in [-0.39, 0.29) is 36.4 Å². The van der Waals surface area contributed by atoms with Crippen LogP contribution in [0, 0.1) is 6.92 Å². The first kappa shape index (κ1) is 22.5. The average Bonchev–Trinajstić information content (AvgIpc) is 2.63. The molecular weight excluding hydrogens is 443 g/mol. The van der Waals surface area contributed by atoms with Crippen molar-refractivity contribution in [2.24, 2.45) is 4.99 Å². The summed E-state index contributed by atoms with van der Waals surface area (Å²) in [5.74, 6) is 1.47. The fourth-order valence-electron chi connectivity index (χ4n) is 2.88. The van der Waals surface area contributed by atoms with Crippen LogP contribution in [0.1, 0.15) is 37.7 Å². The molecule has 7 heteroatoms. The fraction of sp³-hybridized carbons (Fsp3) is 0.579. The molecule has 1 amide bonds. The maximum atomic E-state index is 12.0. The molecular formula is C19H31IN4O2. The highest BCUT2D eigenvalue weighted by Crippen LogP contribution is 2.17. The summed E-state index contributed by atoms with van der Waals surface area (Å²) in [6.07, 6.45) is 5.89. The van der Waals surface area contributed by atoms with Crippen molar-refractivity contribution in [3.63, 3.8) is 0 Å². The molecule has 146 valence electrons. The molecule has 1 aliphatic rings. The van der Waals surface area contributed by atoms with Crippen molar-refractivity contribution in [1.29, 1.82) is 0 Å². The highest BCUT2D eigenvalue weighted by atomic mass is 127. The molecule has 0 aromatic heterocycles. The summed E-state index contributed by atoms with van der Waals surface area (Å²) in [7, 11) is 1.69. The Bertz CT molecular complexity index is 557. The number of nitrogens with zero attached hydrogens (tertiary/aromatic N) is 1. The van der Waals surface area contributed by atoms with E-state index in [0.717, 1.165) is 18.6 Å². The first-order valence-electron chi connectivity index (χ1n) is 9.10. The van der Waals surface area contributed by atoms with Crippen LogP contribution >= 0.6 is 24.0 Å². The van der Waals surface area contributed by atoms with Gasteiger partial charge in [0.1, 0.15) is 12.4 Å². The number of halogens is 1. The molecule has 1 fully saturated rings. The van der Waals surface area contributed by atoms with E-state index < -0.39 is 0 Å². The van der Waals surface area contributed by atoms with Gasteiger partial charge in [0.05, 0.1) is 13.1 Å². The third-order valence-electron chi connectivity index (χ3n) is 4.29. The first-order valence-corrected chi connectivity index (χ1v) is 9.10. The van der Waals surface area contributed by atoms with Gasteiger partial charge in [0.25, 0.3) is 0 Å². The predicted molar refractivity (Wildman–Crippen MR) is 116 cm³/mol. The van der Waals surface area contributed by atoms with Crippen molar-refractivity contribution < 1.29 is 9.53 Å². The Kier molecular flexibility index (Phi) is 11.1. The summed E-state index contributed by atoms with van der Waals surface area (Å²) in [4.78, 5) is 16.1. The largest absolute Gasteiger partial charge is 0.492 e. The molecule has 0 aliphatic heterocycles. The third-order valence-corrected chi connectivity index (χ3v) is 4.29. The minimum atomic E-state index is 0. The molecule has 0 atom stereocenters. The molecule has 0 bridgehead atoms. The van der Waals surface area contributed by atoms with Crippen LogP contribution in [-0.2, 0) is 4.79 Å². The molecule has 0 spiro atoms. The van der Waals surface area contributed by atoms with Crippen molar-refractivity contribution in [3.05, 3.63) is 29.8 Å². The summed E-state index contributed by atoms with van der Waals surface area (Å²) < 4.78 is 5.66. The molecule has 2 rings (SSSR count). The monoisotopic (exact) mass is 474 g/mol. The smallest absolute Gasteiger partial charge is 0.239 e. The summed E-state index contributed by atoms with van der Waals surface area (Å²) >= 11 is 0. The van der Waals surface area contributed by atoms with E-state index in [1.54, 1.807) is 7.05 Å². The van der Waals surface area contributed by atoms with Gasteiger partial charge in [0.2, 0.25) is 5.91 Å². The van der Waals surface area contributed by atoms with Gasteiger partial charge in [-0.15, -0.1) is 24.0 Å². The second kappa shape index (κ2) is 12.8. The van der Waals surface area contributed by atoms with Gasteiger partial charge in [0.15, 0.2) is 5.96 Å².